The zero-order valence-electron chi connectivity index (χ0n) is 16.8. The zero-order valence-corrected chi connectivity index (χ0v) is 17.6. The van der Waals surface area contributed by atoms with Crippen molar-refractivity contribution in [2.24, 2.45) is 0 Å². The Labute approximate surface area is 171 Å². The Balaban J connectivity index is 1.61. The number of aryl methyl sites for hydroxylation is 1. The topological polar surface area (TPSA) is 32.3 Å². The molecule has 2 nitrogen and oxygen atoms in total. The molecule has 1 aromatic carbocycles. The third-order valence-electron chi connectivity index (χ3n) is 5.74. The zero-order chi connectivity index (χ0) is 20.1. The van der Waals surface area contributed by atoms with Crippen molar-refractivity contribution in [1.29, 1.82) is 0 Å². The molecule has 3 rings (SSSR count). The molecule has 154 valence electrons. The first kappa shape index (κ1) is 21.4. The fourth-order valence-electron chi connectivity index (χ4n) is 4.09. The number of aliphatic hydroxyl groups is 1. The van der Waals surface area contributed by atoms with Crippen LogP contribution >= 0.6 is 11.3 Å². The second-order valence-electron chi connectivity index (χ2n) is 8.35. The van der Waals surface area contributed by atoms with Gasteiger partial charge in [-0.1, -0.05) is 33.1 Å². The van der Waals surface area contributed by atoms with E-state index in [4.69, 9.17) is 0 Å². The van der Waals surface area contributed by atoms with Gasteiger partial charge in [0.05, 0.1) is 11.6 Å². The van der Waals surface area contributed by atoms with Crippen LogP contribution in [0.4, 0.5) is 8.78 Å². The van der Waals surface area contributed by atoms with Gasteiger partial charge in [-0.15, -0.1) is 11.3 Å². The smallest absolute Gasteiger partial charge is 0.126 e. The van der Waals surface area contributed by atoms with Crippen LogP contribution in [0.1, 0.15) is 73.6 Å². The lowest BCUT2D eigenvalue weighted by molar-refractivity contribution is 0.133. The van der Waals surface area contributed by atoms with Gasteiger partial charge in [0, 0.05) is 22.4 Å². The maximum absolute atomic E-state index is 13.3. The van der Waals surface area contributed by atoms with Crippen molar-refractivity contribution in [3.63, 3.8) is 0 Å². The van der Waals surface area contributed by atoms with Crippen LogP contribution in [0, 0.1) is 11.6 Å². The van der Waals surface area contributed by atoms with E-state index in [0.717, 1.165) is 18.9 Å². The van der Waals surface area contributed by atoms with Crippen molar-refractivity contribution >= 4 is 11.3 Å². The highest BCUT2D eigenvalue weighted by atomic mass is 32.1. The Hall–Kier alpha value is -1.30. The van der Waals surface area contributed by atoms with E-state index in [1.807, 2.05) is 11.3 Å². The molecule has 1 heterocycles. The molecule has 1 aromatic heterocycles. The molecule has 2 aromatic rings. The first-order valence-electron chi connectivity index (χ1n) is 10.4. The summed E-state index contributed by atoms with van der Waals surface area (Å²) in [6.45, 7) is 4.93. The number of aliphatic hydroxyl groups excluding tert-OH is 1. The van der Waals surface area contributed by atoms with Crippen molar-refractivity contribution in [3.8, 4) is 0 Å². The summed E-state index contributed by atoms with van der Waals surface area (Å²) < 4.78 is 26.7. The fourth-order valence-corrected chi connectivity index (χ4v) is 5.32. The maximum Gasteiger partial charge on any atom is 0.126 e. The van der Waals surface area contributed by atoms with Gasteiger partial charge in [0.1, 0.15) is 11.6 Å². The van der Waals surface area contributed by atoms with Gasteiger partial charge < -0.3 is 10.4 Å². The summed E-state index contributed by atoms with van der Waals surface area (Å²) in [4.78, 5) is 2.77. The highest BCUT2D eigenvalue weighted by Gasteiger charge is 2.35. The number of hydrogen-bond donors (Lipinski definition) is 2. The van der Waals surface area contributed by atoms with Crippen molar-refractivity contribution in [2.45, 2.75) is 76.4 Å². The molecule has 5 heteroatoms. The number of rotatable bonds is 8. The van der Waals surface area contributed by atoms with Crippen LogP contribution in [0.5, 0.6) is 0 Å². The Bertz CT molecular complexity index is 747. The van der Waals surface area contributed by atoms with Gasteiger partial charge in [-0.2, -0.15) is 0 Å². The van der Waals surface area contributed by atoms with E-state index in [-0.39, 0.29) is 5.54 Å². The van der Waals surface area contributed by atoms with E-state index in [1.165, 1.54) is 41.1 Å². The van der Waals surface area contributed by atoms with E-state index in [1.54, 1.807) is 0 Å². The van der Waals surface area contributed by atoms with Crippen LogP contribution in [-0.2, 0) is 12.0 Å². The molecular formula is C23H31F2NOS. The number of benzene rings is 1. The van der Waals surface area contributed by atoms with E-state index < -0.39 is 17.7 Å². The lowest BCUT2D eigenvalue weighted by Crippen LogP contribution is -2.46. The second-order valence-corrected chi connectivity index (χ2v) is 9.47. The maximum atomic E-state index is 13.3. The second kappa shape index (κ2) is 9.47. The lowest BCUT2D eigenvalue weighted by atomic mass is 9.80. The molecular weight excluding hydrogens is 376 g/mol. The summed E-state index contributed by atoms with van der Waals surface area (Å²) in [5, 5.41) is 14.2. The molecule has 0 spiro atoms. The molecule has 0 bridgehead atoms. The van der Waals surface area contributed by atoms with E-state index >= 15 is 0 Å². The van der Waals surface area contributed by atoms with E-state index in [0.29, 0.717) is 30.9 Å². The normalized spacial score (nSPS) is 17.8. The van der Waals surface area contributed by atoms with Crippen molar-refractivity contribution < 1.29 is 13.9 Å². The van der Waals surface area contributed by atoms with Gasteiger partial charge in [-0.05, 0) is 61.4 Å². The van der Waals surface area contributed by atoms with Crippen molar-refractivity contribution in [2.75, 3.05) is 6.54 Å². The Morgan fingerprint density at radius 1 is 1.07 bits per heavy atom. The SMILES string of the molecule is CC(C)c1ccc(C2(NC[C@@H](O)CCc3cc(F)cc(F)c3)CCCCC2)s1. The monoisotopic (exact) mass is 407 g/mol. The van der Waals surface area contributed by atoms with Crippen molar-refractivity contribution in [1.82, 2.24) is 5.32 Å². The molecule has 0 aliphatic heterocycles. The first-order chi connectivity index (χ1) is 13.4. The van der Waals surface area contributed by atoms with Crippen LogP contribution in [0.15, 0.2) is 30.3 Å². The van der Waals surface area contributed by atoms with E-state index in [2.05, 4.69) is 31.3 Å². The molecule has 1 aliphatic carbocycles. The summed E-state index contributed by atoms with van der Waals surface area (Å²) >= 11 is 1.88. The molecule has 1 fully saturated rings. The van der Waals surface area contributed by atoms with Gasteiger partial charge >= 0.3 is 0 Å². The van der Waals surface area contributed by atoms with Crippen LogP contribution in [0.25, 0.3) is 0 Å². The third-order valence-corrected chi connectivity index (χ3v) is 7.33. The summed E-state index contributed by atoms with van der Waals surface area (Å²) in [5.41, 5.74) is 0.533. The van der Waals surface area contributed by atoms with Crippen LogP contribution in [0.3, 0.4) is 0 Å². The first-order valence-corrected chi connectivity index (χ1v) is 11.2. The molecule has 1 aliphatic rings. The predicted octanol–water partition coefficient (Wildman–Crippen LogP) is 5.89. The number of halogens is 2. The summed E-state index contributed by atoms with van der Waals surface area (Å²) in [6.07, 6.45) is 6.23. The van der Waals surface area contributed by atoms with E-state index in [9.17, 15) is 13.9 Å². The molecule has 0 radical (unpaired) electrons. The molecule has 1 atom stereocenters. The molecule has 1 saturated carbocycles. The Morgan fingerprint density at radius 2 is 1.75 bits per heavy atom. The van der Waals surface area contributed by atoms with Gasteiger partial charge in [0.25, 0.3) is 0 Å². The average molecular weight is 408 g/mol. The average Bonchev–Trinajstić information content (AvgIpc) is 3.16. The molecule has 28 heavy (non-hydrogen) atoms. The minimum absolute atomic E-state index is 0.0536. The summed E-state index contributed by atoms with van der Waals surface area (Å²) in [6, 6.07) is 8.04. The number of hydrogen-bond acceptors (Lipinski definition) is 3. The van der Waals surface area contributed by atoms with Gasteiger partial charge in [-0.25, -0.2) is 8.78 Å². The number of nitrogens with one attached hydrogen (secondary N) is 1. The minimum atomic E-state index is -0.567. The van der Waals surface area contributed by atoms with Crippen LogP contribution in [-0.4, -0.2) is 17.8 Å². The van der Waals surface area contributed by atoms with Crippen molar-refractivity contribution in [3.05, 3.63) is 57.3 Å². The van der Waals surface area contributed by atoms with Crippen LogP contribution < -0.4 is 5.32 Å². The van der Waals surface area contributed by atoms with Gasteiger partial charge in [-0.3, -0.25) is 0 Å². The fraction of sp³-hybridized carbons (Fsp3) is 0.565. The number of thiophene rings is 1. The third kappa shape index (κ3) is 5.40. The predicted molar refractivity (Wildman–Crippen MR) is 112 cm³/mol. The Kier molecular flexibility index (Phi) is 7.24. The molecule has 2 N–H and O–H groups in total. The van der Waals surface area contributed by atoms with Gasteiger partial charge in [0.2, 0.25) is 0 Å². The molecule has 0 saturated heterocycles. The van der Waals surface area contributed by atoms with Crippen LogP contribution in [0.2, 0.25) is 0 Å². The molecule has 0 unspecified atom stereocenters. The standard InChI is InChI=1S/C23H31F2NOS/c1-16(2)21-8-9-22(28-21)23(10-4-3-5-11-23)26-15-20(27)7-6-17-12-18(24)14-19(25)13-17/h8-9,12-14,16,20,26-27H,3-7,10-11,15H2,1-2H3/t20-/m0/s1. The minimum Gasteiger partial charge on any atom is -0.392 e. The quantitative estimate of drug-likeness (QED) is 0.572. The molecule has 0 amide bonds. The highest BCUT2D eigenvalue weighted by Crippen LogP contribution is 2.41. The Morgan fingerprint density at radius 3 is 2.36 bits per heavy atom. The van der Waals surface area contributed by atoms with Gasteiger partial charge in [0.15, 0.2) is 0 Å². The summed E-state index contributed by atoms with van der Waals surface area (Å²) in [7, 11) is 0. The highest BCUT2D eigenvalue weighted by molar-refractivity contribution is 7.12. The largest absolute Gasteiger partial charge is 0.392 e. The lowest BCUT2D eigenvalue weighted by Gasteiger charge is -2.38. The summed E-state index contributed by atoms with van der Waals surface area (Å²) in [5.74, 6) is -0.610.